The molecule has 0 aliphatic rings. The van der Waals surface area contributed by atoms with Gasteiger partial charge in [-0.05, 0) is 10.9 Å². The molecule has 0 radical (unpaired) electrons. The topological polar surface area (TPSA) is 0 Å². The first kappa shape index (κ1) is 10.4. The van der Waals surface area contributed by atoms with Gasteiger partial charge in [0.15, 0.2) is 0 Å². The van der Waals surface area contributed by atoms with Crippen LogP contribution < -0.4 is 5.30 Å². The lowest BCUT2D eigenvalue weighted by Gasteiger charge is -2.11. The van der Waals surface area contributed by atoms with Gasteiger partial charge in [-0.1, -0.05) is 76.2 Å². The summed E-state index contributed by atoms with van der Waals surface area (Å²) in [6.45, 7) is 2.29. The molecule has 0 heterocycles. The molecule has 2 atom stereocenters. The van der Waals surface area contributed by atoms with Crippen LogP contribution in [0.4, 0.5) is 0 Å². The van der Waals surface area contributed by atoms with Gasteiger partial charge in [-0.2, -0.15) is 0 Å². The van der Waals surface area contributed by atoms with Crippen LogP contribution in [0, 0.1) is 0 Å². The van der Waals surface area contributed by atoms with E-state index in [1.165, 1.54) is 10.9 Å². The van der Waals surface area contributed by atoms with Crippen molar-refractivity contribution in [1.82, 2.24) is 0 Å². The highest BCUT2D eigenvalue weighted by atomic mass is 31.1. The molecule has 1 heteroatoms. The molecule has 2 aromatic rings. The second-order valence-corrected chi connectivity index (χ2v) is 5.37. The summed E-state index contributed by atoms with van der Waals surface area (Å²) in [5.74, 6) is 0. The van der Waals surface area contributed by atoms with E-state index in [2.05, 4.69) is 67.6 Å². The normalized spacial score (nSPS) is 13.1. The van der Waals surface area contributed by atoms with Crippen molar-refractivity contribution in [3.05, 3.63) is 66.2 Å². The molecule has 0 spiro atoms. The molecule has 2 aromatic carbocycles. The summed E-state index contributed by atoms with van der Waals surface area (Å²) in [6, 6.07) is 21.4. The minimum atomic E-state index is 0.619. The first-order chi connectivity index (χ1) is 7.36. The molecule has 0 N–H and O–H groups in total. The Balaban J connectivity index is 2.08. The quantitative estimate of drug-likeness (QED) is 0.682. The molecule has 2 unspecified atom stereocenters. The summed E-state index contributed by atoms with van der Waals surface area (Å²) in [7, 11) is 0.856. The highest BCUT2D eigenvalue weighted by Crippen LogP contribution is 2.32. The van der Waals surface area contributed by atoms with E-state index in [1.807, 2.05) is 0 Å². The van der Waals surface area contributed by atoms with Crippen molar-refractivity contribution < 1.29 is 0 Å². The largest absolute Gasteiger partial charge is 0.0830 e. The average molecular weight is 214 g/mol. The Kier molecular flexibility index (Phi) is 3.53. The zero-order valence-corrected chi connectivity index (χ0v) is 9.85. The summed E-state index contributed by atoms with van der Waals surface area (Å²) in [5, 5.41) is 1.44. The summed E-state index contributed by atoms with van der Waals surface area (Å²) < 4.78 is 0. The zero-order chi connectivity index (χ0) is 10.5. The van der Waals surface area contributed by atoms with Crippen molar-refractivity contribution in [3.63, 3.8) is 0 Å². The Labute approximate surface area is 93.1 Å². The minimum absolute atomic E-state index is 0.619. The summed E-state index contributed by atoms with van der Waals surface area (Å²) >= 11 is 0. The Morgan fingerprint density at radius 1 is 0.800 bits per heavy atom. The van der Waals surface area contributed by atoms with Gasteiger partial charge in [-0.3, -0.25) is 0 Å². The second kappa shape index (κ2) is 5.09. The van der Waals surface area contributed by atoms with Gasteiger partial charge in [0.05, 0.1) is 0 Å². The van der Waals surface area contributed by atoms with Crippen LogP contribution in [-0.4, -0.2) is 0 Å². The summed E-state index contributed by atoms with van der Waals surface area (Å²) in [4.78, 5) is 0. The van der Waals surface area contributed by atoms with Gasteiger partial charge in [0.1, 0.15) is 0 Å². The van der Waals surface area contributed by atoms with E-state index in [0.29, 0.717) is 5.66 Å². The molecule has 0 saturated heterocycles. The van der Waals surface area contributed by atoms with E-state index in [0.717, 1.165) is 8.58 Å². The lowest BCUT2D eigenvalue weighted by atomic mass is 10.2. The van der Waals surface area contributed by atoms with Crippen molar-refractivity contribution in [2.24, 2.45) is 0 Å². The van der Waals surface area contributed by atoms with Crippen molar-refractivity contribution in [2.45, 2.75) is 12.6 Å². The zero-order valence-electron chi connectivity index (χ0n) is 8.85. The average Bonchev–Trinajstić information content (AvgIpc) is 2.31. The summed E-state index contributed by atoms with van der Waals surface area (Å²) in [6.07, 6.45) is 0. The van der Waals surface area contributed by atoms with Gasteiger partial charge >= 0.3 is 0 Å². The van der Waals surface area contributed by atoms with Crippen LogP contribution in [-0.2, 0) is 0 Å². The SMILES string of the molecule is CC(Pc1ccccc1)c1ccccc1. The molecule has 0 bridgehead atoms. The van der Waals surface area contributed by atoms with Crippen molar-refractivity contribution in [3.8, 4) is 0 Å². The molecule has 15 heavy (non-hydrogen) atoms. The Hall–Kier alpha value is -1.13. The number of benzene rings is 2. The van der Waals surface area contributed by atoms with Crippen LogP contribution in [0.25, 0.3) is 0 Å². The van der Waals surface area contributed by atoms with Gasteiger partial charge in [0, 0.05) is 5.66 Å². The molecule has 0 aliphatic carbocycles. The van der Waals surface area contributed by atoms with E-state index in [9.17, 15) is 0 Å². The molecule has 0 fully saturated rings. The maximum atomic E-state index is 2.29. The van der Waals surface area contributed by atoms with Gasteiger partial charge < -0.3 is 0 Å². The third-order valence-electron chi connectivity index (χ3n) is 2.46. The molecular formula is C14H15P. The molecule has 0 aromatic heterocycles. The molecular weight excluding hydrogens is 199 g/mol. The predicted octanol–water partition coefficient (Wildman–Crippen LogP) is 3.75. The molecule has 0 aliphatic heterocycles. The van der Waals surface area contributed by atoms with E-state index in [4.69, 9.17) is 0 Å². The van der Waals surface area contributed by atoms with E-state index in [-0.39, 0.29) is 0 Å². The number of hydrogen-bond donors (Lipinski definition) is 0. The highest BCUT2D eigenvalue weighted by Gasteiger charge is 2.04. The van der Waals surface area contributed by atoms with Crippen LogP contribution in [0.3, 0.4) is 0 Å². The standard InChI is InChI=1S/C14H15P/c1-12(13-8-4-2-5-9-13)15-14-10-6-3-7-11-14/h2-12,15H,1H3. The van der Waals surface area contributed by atoms with Gasteiger partial charge in [0.25, 0.3) is 0 Å². The number of hydrogen-bond acceptors (Lipinski definition) is 0. The van der Waals surface area contributed by atoms with Crippen LogP contribution >= 0.6 is 8.58 Å². The van der Waals surface area contributed by atoms with E-state index in [1.54, 1.807) is 0 Å². The first-order valence-corrected chi connectivity index (χ1v) is 6.30. The monoisotopic (exact) mass is 214 g/mol. The van der Waals surface area contributed by atoms with Crippen molar-refractivity contribution >= 4 is 13.9 Å². The highest BCUT2D eigenvalue weighted by molar-refractivity contribution is 7.47. The van der Waals surface area contributed by atoms with Gasteiger partial charge in [-0.15, -0.1) is 0 Å². The van der Waals surface area contributed by atoms with Crippen molar-refractivity contribution in [1.29, 1.82) is 0 Å². The fourth-order valence-corrected chi connectivity index (χ4v) is 2.85. The Bertz CT molecular complexity index is 394. The van der Waals surface area contributed by atoms with E-state index < -0.39 is 0 Å². The molecule has 2 rings (SSSR count). The van der Waals surface area contributed by atoms with Crippen LogP contribution in [0.15, 0.2) is 60.7 Å². The maximum Gasteiger partial charge on any atom is 0.00263 e. The molecule has 0 saturated carbocycles. The van der Waals surface area contributed by atoms with Gasteiger partial charge in [-0.25, -0.2) is 0 Å². The van der Waals surface area contributed by atoms with Crippen molar-refractivity contribution in [2.75, 3.05) is 0 Å². The molecule has 76 valence electrons. The first-order valence-electron chi connectivity index (χ1n) is 5.23. The Morgan fingerprint density at radius 3 is 1.93 bits per heavy atom. The Morgan fingerprint density at radius 2 is 1.33 bits per heavy atom. The fourth-order valence-electron chi connectivity index (χ4n) is 1.61. The van der Waals surface area contributed by atoms with Crippen LogP contribution in [0.1, 0.15) is 18.1 Å². The lowest BCUT2D eigenvalue weighted by molar-refractivity contribution is 1.10. The minimum Gasteiger partial charge on any atom is -0.0830 e. The lowest BCUT2D eigenvalue weighted by Crippen LogP contribution is -1.96. The van der Waals surface area contributed by atoms with Gasteiger partial charge in [0.2, 0.25) is 0 Å². The molecule has 0 nitrogen and oxygen atoms in total. The smallest absolute Gasteiger partial charge is 0.00263 e. The third kappa shape index (κ3) is 2.91. The second-order valence-electron chi connectivity index (χ2n) is 3.64. The fraction of sp³-hybridized carbons (Fsp3) is 0.143. The maximum absolute atomic E-state index is 2.29. The summed E-state index contributed by atoms with van der Waals surface area (Å²) in [5.41, 5.74) is 2.05. The predicted molar refractivity (Wildman–Crippen MR) is 69.2 cm³/mol. The van der Waals surface area contributed by atoms with Crippen LogP contribution in [0.2, 0.25) is 0 Å². The van der Waals surface area contributed by atoms with E-state index >= 15 is 0 Å². The third-order valence-corrected chi connectivity index (χ3v) is 3.89. The molecule has 0 amide bonds. The number of rotatable bonds is 3. The van der Waals surface area contributed by atoms with Crippen LogP contribution in [0.5, 0.6) is 0 Å².